The molecule has 0 unspecified atom stereocenters. The molecule has 2 aromatic rings. The Bertz CT molecular complexity index is 721. The predicted molar refractivity (Wildman–Crippen MR) is 102 cm³/mol. The molecule has 1 aromatic heterocycles. The summed E-state index contributed by atoms with van der Waals surface area (Å²) in [5.74, 6) is 0.844. The minimum Gasteiger partial charge on any atom is -0.356 e. The monoisotopic (exact) mass is 362 g/mol. The number of aliphatic imine (C=N–C) groups is 1. The van der Waals surface area contributed by atoms with E-state index < -0.39 is 0 Å². The molecular formula is C18H23ClN4S. The van der Waals surface area contributed by atoms with Crippen LogP contribution in [0.15, 0.2) is 35.5 Å². The number of guanidine groups is 1. The molecule has 1 saturated carbocycles. The largest absolute Gasteiger partial charge is 0.356 e. The summed E-state index contributed by atoms with van der Waals surface area (Å²) < 4.78 is 0. The van der Waals surface area contributed by atoms with Crippen molar-refractivity contribution in [3.8, 4) is 0 Å². The van der Waals surface area contributed by atoms with E-state index in [1.165, 1.54) is 23.3 Å². The zero-order chi connectivity index (χ0) is 17.0. The van der Waals surface area contributed by atoms with E-state index in [9.17, 15) is 0 Å². The van der Waals surface area contributed by atoms with Gasteiger partial charge in [-0.3, -0.25) is 4.99 Å². The minimum atomic E-state index is 0.203. The second kappa shape index (κ2) is 7.53. The maximum Gasteiger partial charge on any atom is 0.191 e. The van der Waals surface area contributed by atoms with Gasteiger partial charge in [-0.15, -0.1) is 11.3 Å². The maximum atomic E-state index is 6.14. The fraction of sp³-hybridized carbons (Fsp3) is 0.444. The van der Waals surface area contributed by atoms with Crippen molar-refractivity contribution >= 4 is 28.9 Å². The number of nitrogens with zero attached hydrogens (tertiary/aromatic N) is 2. The average molecular weight is 363 g/mol. The van der Waals surface area contributed by atoms with Crippen LogP contribution < -0.4 is 10.6 Å². The molecule has 4 nitrogen and oxygen atoms in total. The van der Waals surface area contributed by atoms with Crippen LogP contribution in [0.4, 0.5) is 0 Å². The molecule has 6 heteroatoms. The molecule has 1 fully saturated rings. The molecule has 1 heterocycles. The molecular weight excluding hydrogens is 340 g/mol. The highest BCUT2D eigenvalue weighted by molar-refractivity contribution is 7.11. The standard InChI is InChI=1S/C18H23ClN4S/c1-13-11-22-16(24-13)6-9-21-17(20-2)23-12-18(7-8-18)14-4-3-5-15(19)10-14/h3-5,10-11H,6-9,12H2,1-2H3,(H2,20,21,23). The number of hydrogen-bond donors (Lipinski definition) is 2. The van der Waals surface area contributed by atoms with Crippen LogP contribution in [0.1, 0.15) is 28.3 Å². The third-order valence-electron chi connectivity index (χ3n) is 4.41. The molecule has 0 atom stereocenters. The Labute approximate surface area is 152 Å². The van der Waals surface area contributed by atoms with E-state index in [0.29, 0.717) is 0 Å². The number of aryl methyl sites for hydroxylation is 1. The molecule has 0 spiro atoms. The van der Waals surface area contributed by atoms with Gasteiger partial charge in [0.15, 0.2) is 5.96 Å². The summed E-state index contributed by atoms with van der Waals surface area (Å²) in [5, 5.41) is 8.80. The number of hydrogen-bond acceptors (Lipinski definition) is 3. The molecule has 24 heavy (non-hydrogen) atoms. The molecule has 0 saturated heterocycles. The molecule has 2 N–H and O–H groups in total. The summed E-state index contributed by atoms with van der Waals surface area (Å²) in [7, 11) is 1.81. The van der Waals surface area contributed by atoms with E-state index in [1.807, 2.05) is 25.4 Å². The molecule has 0 radical (unpaired) electrons. The minimum absolute atomic E-state index is 0.203. The first kappa shape index (κ1) is 17.2. The smallest absolute Gasteiger partial charge is 0.191 e. The van der Waals surface area contributed by atoms with Crippen molar-refractivity contribution in [2.45, 2.75) is 31.6 Å². The van der Waals surface area contributed by atoms with Crippen LogP contribution in [-0.2, 0) is 11.8 Å². The fourth-order valence-corrected chi connectivity index (χ4v) is 3.79. The van der Waals surface area contributed by atoms with Crippen LogP contribution >= 0.6 is 22.9 Å². The fourth-order valence-electron chi connectivity index (χ4n) is 2.82. The highest BCUT2D eigenvalue weighted by Gasteiger charge is 2.44. The van der Waals surface area contributed by atoms with E-state index in [0.717, 1.165) is 35.5 Å². The van der Waals surface area contributed by atoms with E-state index >= 15 is 0 Å². The number of thiazole rings is 1. The van der Waals surface area contributed by atoms with Gasteiger partial charge in [-0.1, -0.05) is 23.7 Å². The second-order valence-corrected chi connectivity index (χ2v) is 8.01. The van der Waals surface area contributed by atoms with Crippen molar-refractivity contribution in [3.05, 3.63) is 50.9 Å². The van der Waals surface area contributed by atoms with Gasteiger partial charge in [0.1, 0.15) is 0 Å². The number of rotatable bonds is 6. The molecule has 3 rings (SSSR count). The van der Waals surface area contributed by atoms with Gasteiger partial charge in [-0.2, -0.15) is 0 Å². The number of nitrogens with one attached hydrogen (secondary N) is 2. The van der Waals surface area contributed by atoms with Crippen LogP contribution in [0, 0.1) is 6.92 Å². The first-order chi connectivity index (χ1) is 11.6. The van der Waals surface area contributed by atoms with Crippen molar-refractivity contribution in [2.75, 3.05) is 20.1 Å². The van der Waals surface area contributed by atoms with Gasteiger partial charge in [0, 0.05) is 48.1 Å². The van der Waals surface area contributed by atoms with Gasteiger partial charge in [-0.25, -0.2) is 4.98 Å². The van der Waals surface area contributed by atoms with Gasteiger partial charge in [0.2, 0.25) is 0 Å². The van der Waals surface area contributed by atoms with Crippen molar-refractivity contribution < 1.29 is 0 Å². The summed E-state index contributed by atoms with van der Waals surface area (Å²) in [5.41, 5.74) is 1.52. The normalized spacial score (nSPS) is 16.0. The maximum absolute atomic E-state index is 6.14. The highest BCUT2D eigenvalue weighted by atomic mass is 35.5. The van der Waals surface area contributed by atoms with Gasteiger partial charge in [0.25, 0.3) is 0 Å². The summed E-state index contributed by atoms with van der Waals surface area (Å²) in [6, 6.07) is 8.20. The lowest BCUT2D eigenvalue weighted by Crippen LogP contribution is -2.41. The number of halogens is 1. The Morgan fingerprint density at radius 3 is 2.83 bits per heavy atom. The molecule has 128 valence electrons. The highest BCUT2D eigenvalue weighted by Crippen LogP contribution is 2.48. The van der Waals surface area contributed by atoms with Crippen LogP contribution in [0.3, 0.4) is 0 Å². The van der Waals surface area contributed by atoms with Crippen molar-refractivity contribution in [1.29, 1.82) is 0 Å². The number of aromatic nitrogens is 1. The molecule has 1 aliphatic carbocycles. The lowest BCUT2D eigenvalue weighted by atomic mass is 9.96. The Hall–Kier alpha value is -1.59. The summed E-state index contributed by atoms with van der Waals surface area (Å²) in [6.45, 7) is 3.79. The predicted octanol–water partition coefficient (Wildman–Crippen LogP) is 3.54. The quantitative estimate of drug-likeness (QED) is 0.610. The topological polar surface area (TPSA) is 49.3 Å². The number of benzene rings is 1. The van der Waals surface area contributed by atoms with E-state index in [2.05, 4.69) is 39.7 Å². The van der Waals surface area contributed by atoms with Crippen LogP contribution in [-0.4, -0.2) is 31.1 Å². The Morgan fingerprint density at radius 1 is 1.38 bits per heavy atom. The third kappa shape index (κ3) is 4.28. The van der Waals surface area contributed by atoms with Crippen LogP contribution in [0.2, 0.25) is 5.02 Å². The second-order valence-electron chi connectivity index (χ2n) is 6.26. The molecule has 0 amide bonds. The molecule has 1 aromatic carbocycles. The summed E-state index contributed by atoms with van der Waals surface area (Å²) in [4.78, 5) is 9.96. The van der Waals surface area contributed by atoms with Gasteiger partial charge < -0.3 is 10.6 Å². The van der Waals surface area contributed by atoms with Crippen molar-refractivity contribution in [2.24, 2.45) is 4.99 Å². The van der Waals surface area contributed by atoms with Crippen LogP contribution in [0.5, 0.6) is 0 Å². The Kier molecular flexibility index (Phi) is 5.41. The van der Waals surface area contributed by atoms with Gasteiger partial charge in [-0.05, 0) is 37.5 Å². The zero-order valence-corrected chi connectivity index (χ0v) is 15.7. The average Bonchev–Trinajstić information content (AvgIpc) is 3.26. The Balaban J connectivity index is 1.49. The summed E-state index contributed by atoms with van der Waals surface area (Å²) >= 11 is 7.89. The van der Waals surface area contributed by atoms with E-state index in [1.54, 1.807) is 11.3 Å². The summed E-state index contributed by atoms with van der Waals surface area (Å²) in [6.07, 6.45) is 5.22. The first-order valence-corrected chi connectivity index (χ1v) is 9.43. The van der Waals surface area contributed by atoms with Gasteiger partial charge >= 0.3 is 0 Å². The SMILES string of the molecule is CN=C(NCCc1ncc(C)s1)NCC1(c2cccc(Cl)c2)CC1. The lowest BCUT2D eigenvalue weighted by Gasteiger charge is -2.19. The van der Waals surface area contributed by atoms with E-state index in [4.69, 9.17) is 11.6 Å². The Morgan fingerprint density at radius 2 is 2.21 bits per heavy atom. The first-order valence-electron chi connectivity index (χ1n) is 8.23. The molecule has 0 bridgehead atoms. The third-order valence-corrected chi connectivity index (χ3v) is 5.62. The van der Waals surface area contributed by atoms with Gasteiger partial charge in [0.05, 0.1) is 5.01 Å². The molecule has 0 aliphatic heterocycles. The lowest BCUT2D eigenvalue weighted by molar-refractivity contribution is 0.645. The van der Waals surface area contributed by atoms with Crippen molar-refractivity contribution in [3.63, 3.8) is 0 Å². The van der Waals surface area contributed by atoms with Crippen molar-refractivity contribution in [1.82, 2.24) is 15.6 Å². The van der Waals surface area contributed by atoms with Crippen LogP contribution in [0.25, 0.3) is 0 Å². The zero-order valence-electron chi connectivity index (χ0n) is 14.1. The van der Waals surface area contributed by atoms with E-state index in [-0.39, 0.29) is 5.41 Å². The molecule has 1 aliphatic rings.